The van der Waals surface area contributed by atoms with Crippen LogP contribution in [-0.2, 0) is 23.7 Å². The zero-order valence-electron chi connectivity index (χ0n) is 15.9. The van der Waals surface area contributed by atoms with Crippen molar-refractivity contribution in [3.8, 4) is 0 Å². The number of rotatable bonds is 6. The van der Waals surface area contributed by atoms with E-state index in [2.05, 4.69) is 10.4 Å². The largest absolute Gasteiger partial charge is 0.355 e. The molecule has 5 heteroatoms. The van der Waals surface area contributed by atoms with Crippen molar-refractivity contribution in [1.29, 1.82) is 0 Å². The van der Waals surface area contributed by atoms with Crippen LogP contribution in [0.4, 0.5) is 4.39 Å². The van der Waals surface area contributed by atoms with Crippen molar-refractivity contribution in [3.63, 3.8) is 0 Å². The zero-order valence-corrected chi connectivity index (χ0v) is 15.9. The highest BCUT2D eigenvalue weighted by atomic mass is 19.1. The first-order valence-electron chi connectivity index (χ1n) is 9.43. The number of nitrogens with zero attached hydrogens (tertiary/aromatic N) is 2. The van der Waals surface area contributed by atoms with Gasteiger partial charge in [-0.25, -0.2) is 4.39 Å². The van der Waals surface area contributed by atoms with E-state index in [-0.39, 0.29) is 17.1 Å². The van der Waals surface area contributed by atoms with Crippen LogP contribution in [0.2, 0.25) is 0 Å². The van der Waals surface area contributed by atoms with Gasteiger partial charge in [-0.15, -0.1) is 0 Å². The van der Waals surface area contributed by atoms with Crippen LogP contribution in [0.25, 0.3) is 0 Å². The molecule has 1 amide bonds. The molecular formula is C21H28FN3O. The highest BCUT2D eigenvalue weighted by Gasteiger charge is 2.35. The molecular weight excluding hydrogens is 329 g/mol. The maximum absolute atomic E-state index is 13.3. The molecule has 140 valence electrons. The fraction of sp³-hybridized carbons (Fsp3) is 0.524. The Morgan fingerprint density at radius 2 is 1.88 bits per heavy atom. The van der Waals surface area contributed by atoms with E-state index in [1.54, 1.807) is 0 Å². The normalized spacial score (nSPS) is 16.0. The molecule has 3 rings (SSSR count). The molecule has 1 fully saturated rings. The Kier molecular flexibility index (Phi) is 5.44. The fourth-order valence-electron chi connectivity index (χ4n) is 4.20. The Balaban J connectivity index is 1.61. The van der Waals surface area contributed by atoms with E-state index in [9.17, 15) is 9.18 Å². The quantitative estimate of drug-likeness (QED) is 0.856. The molecule has 1 heterocycles. The van der Waals surface area contributed by atoms with Gasteiger partial charge in [-0.2, -0.15) is 5.10 Å². The number of carbonyl (C=O) groups excluding carboxylic acids is 1. The van der Waals surface area contributed by atoms with Gasteiger partial charge in [-0.3, -0.25) is 9.48 Å². The van der Waals surface area contributed by atoms with Crippen LogP contribution >= 0.6 is 0 Å². The van der Waals surface area contributed by atoms with Gasteiger partial charge >= 0.3 is 0 Å². The summed E-state index contributed by atoms with van der Waals surface area (Å²) in [6.45, 7) is 4.65. The molecule has 0 radical (unpaired) electrons. The number of aryl methyl sites for hydroxylation is 2. The second kappa shape index (κ2) is 7.60. The molecule has 1 aliphatic rings. The Morgan fingerprint density at radius 1 is 1.23 bits per heavy atom. The minimum absolute atomic E-state index is 0.0521. The second-order valence-corrected chi connectivity index (χ2v) is 7.54. The molecule has 1 aromatic heterocycles. The summed E-state index contributed by atoms with van der Waals surface area (Å²) in [5, 5.41) is 7.54. The molecule has 0 unspecified atom stereocenters. The Hall–Kier alpha value is -2.17. The summed E-state index contributed by atoms with van der Waals surface area (Å²) in [5.74, 6) is -0.144. The summed E-state index contributed by atoms with van der Waals surface area (Å²) in [6.07, 6.45) is 5.57. The lowest BCUT2D eigenvalue weighted by Crippen LogP contribution is -2.39. The van der Waals surface area contributed by atoms with Crippen LogP contribution in [0.5, 0.6) is 0 Å². The summed E-state index contributed by atoms with van der Waals surface area (Å²) >= 11 is 0. The number of carbonyl (C=O) groups is 1. The van der Waals surface area contributed by atoms with Crippen LogP contribution in [0.15, 0.2) is 24.3 Å². The van der Waals surface area contributed by atoms with Gasteiger partial charge in [0.15, 0.2) is 0 Å². The lowest BCUT2D eigenvalue weighted by Gasteiger charge is -2.30. The smallest absolute Gasteiger partial charge is 0.220 e. The maximum Gasteiger partial charge on any atom is 0.220 e. The number of amides is 1. The molecule has 0 aliphatic heterocycles. The first kappa shape index (κ1) is 18.6. The molecule has 1 saturated carbocycles. The van der Waals surface area contributed by atoms with Crippen molar-refractivity contribution < 1.29 is 9.18 Å². The van der Waals surface area contributed by atoms with Gasteiger partial charge in [0.25, 0.3) is 0 Å². The number of benzene rings is 1. The van der Waals surface area contributed by atoms with E-state index in [4.69, 9.17) is 0 Å². The number of hydrogen-bond acceptors (Lipinski definition) is 2. The van der Waals surface area contributed by atoms with Gasteiger partial charge < -0.3 is 5.32 Å². The van der Waals surface area contributed by atoms with E-state index in [0.717, 1.165) is 48.2 Å². The molecule has 1 N–H and O–H groups in total. The van der Waals surface area contributed by atoms with E-state index < -0.39 is 0 Å². The first-order chi connectivity index (χ1) is 12.4. The summed E-state index contributed by atoms with van der Waals surface area (Å²) < 4.78 is 15.1. The van der Waals surface area contributed by atoms with Crippen LogP contribution in [0.1, 0.15) is 54.6 Å². The first-order valence-corrected chi connectivity index (χ1v) is 9.43. The van der Waals surface area contributed by atoms with Crippen molar-refractivity contribution in [2.75, 3.05) is 6.54 Å². The van der Waals surface area contributed by atoms with E-state index in [0.29, 0.717) is 19.4 Å². The number of aromatic nitrogens is 2. The monoisotopic (exact) mass is 357 g/mol. The lowest BCUT2D eigenvalue weighted by atomic mass is 9.78. The standard InChI is InChI=1S/C21H28FN3O/c1-15-19(16(2)25(3)24-15)10-11-20(26)23-14-21(12-4-5-13-21)17-6-8-18(22)9-7-17/h6-9H,4-5,10-14H2,1-3H3,(H,23,26). The molecule has 2 aromatic rings. The summed E-state index contributed by atoms with van der Waals surface area (Å²) in [7, 11) is 1.93. The minimum atomic E-state index is -0.215. The van der Waals surface area contributed by atoms with Gasteiger partial charge in [-0.1, -0.05) is 25.0 Å². The fourth-order valence-corrected chi connectivity index (χ4v) is 4.20. The van der Waals surface area contributed by atoms with Crippen molar-refractivity contribution in [1.82, 2.24) is 15.1 Å². The number of hydrogen-bond donors (Lipinski definition) is 1. The van der Waals surface area contributed by atoms with E-state index in [1.807, 2.05) is 37.7 Å². The van der Waals surface area contributed by atoms with Crippen molar-refractivity contribution >= 4 is 5.91 Å². The Bertz CT molecular complexity index is 773. The van der Waals surface area contributed by atoms with E-state index >= 15 is 0 Å². The maximum atomic E-state index is 13.3. The molecule has 1 aliphatic carbocycles. The Morgan fingerprint density at radius 3 is 2.46 bits per heavy atom. The van der Waals surface area contributed by atoms with Gasteiger partial charge in [0.1, 0.15) is 5.82 Å². The predicted octanol–water partition coefficient (Wildman–Crippen LogP) is 3.74. The van der Waals surface area contributed by atoms with Crippen LogP contribution < -0.4 is 5.32 Å². The molecule has 0 bridgehead atoms. The predicted molar refractivity (Wildman–Crippen MR) is 101 cm³/mol. The second-order valence-electron chi connectivity index (χ2n) is 7.54. The average Bonchev–Trinajstić information content (AvgIpc) is 3.19. The average molecular weight is 357 g/mol. The third-order valence-electron chi connectivity index (χ3n) is 5.90. The van der Waals surface area contributed by atoms with Gasteiger partial charge in [0.05, 0.1) is 5.69 Å². The minimum Gasteiger partial charge on any atom is -0.355 e. The third kappa shape index (κ3) is 3.81. The highest BCUT2D eigenvalue weighted by Crippen LogP contribution is 2.40. The molecule has 4 nitrogen and oxygen atoms in total. The summed E-state index contributed by atoms with van der Waals surface area (Å²) in [5.41, 5.74) is 4.36. The van der Waals surface area contributed by atoms with Crippen molar-refractivity contribution in [2.45, 2.75) is 57.8 Å². The lowest BCUT2D eigenvalue weighted by molar-refractivity contribution is -0.121. The molecule has 1 aromatic carbocycles. The zero-order chi connectivity index (χ0) is 18.7. The molecule has 0 spiro atoms. The van der Waals surface area contributed by atoms with Gasteiger partial charge in [0, 0.05) is 31.1 Å². The van der Waals surface area contributed by atoms with Gasteiger partial charge in [-0.05, 0) is 56.4 Å². The number of halogens is 1. The molecule has 0 saturated heterocycles. The molecule has 0 atom stereocenters. The van der Waals surface area contributed by atoms with Crippen LogP contribution in [0.3, 0.4) is 0 Å². The van der Waals surface area contributed by atoms with Crippen molar-refractivity contribution in [3.05, 3.63) is 52.6 Å². The Labute approximate surface area is 154 Å². The van der Waals surface area contributed by atoms with Crippen LogP contribution in [-0.4, -0.2) is 22.2 Å². The SMILES string of the molecule is Cc1nn(C)c(C)c1CCC(=O)NCC1(c2ccc(F)cc2)CCCC1. The molecule has 26 heavy (non-hydrogen) atoms. The third-order valence-corrected chi connectivity index (χ3v) is 5.90. The topological polar surface area (TPSA) is 46.9 Å². The summed E-state index contributed by atoms with van der Waals surface area (Å²) in [6, 6.07) is 6.78. The van der Waals surface area contributed by atoms with Crippen LogP contribution in [0, 0.1) is 19.7 Å². The number of nitrogens with one attached hydrogen (secondary N) is 1. The van der Waals surface area contributed by atoms with E-state index in [1.165, 1.54) is 12.1 Å². The summed E-state index contributed by atoms with van der Waals surface area (Å²) in [4.78, 5) is 12.4. The van der Waals surface area contributed by atoms with Crippen molar-refractivity contribution in [2.24, 2.45) is 7.05 Å². The highest BCUT2D eigenvalue weighted by molar-refractivity contribution is 5.76. The van der Waals surface area contributed by atoms with Gasteiger partial charge in [0.2, 0.25) is 5.91 Å².